The van der Waals surface area contributed by atoms with Crippen LogP contribution in [0.15, 0.2) is 196 Å². The van der Waals surface area contributed by atoms with Crippen molar-refractivity contribution >= 4 is 84.6 Å². The van der Waals surface area contributed by atoms with Crippen molar-refractivity contribution in [3.63, 3.8) is 0 Å². The van der Waals surface area contributed by atoms with Crippen LogP contribution >= 0.6 is 0 Å². The van der Waals surface area contributed by atoms with E-state index in [1.54, 1.807) is 37.8 Å². The number of aryl methyl sites for hydroxylation is 3. The van der Waals surface area contributed by atoms with Gasteiger partial charge in [0.1, 0.15) is 40.3 Å². The van der Waals surface area contributed by atoms with Gasteiger partial charge in [-0.1, -0.05) is 77.4 Å². The third kappa shape index (κ3) is 16.6. The number of nitrogens with zero attached hydrogens (tertiary/aromatic N) is 13. The summed E-state index contributed by atoms with van der Waals surface area (Å²) in [4.78, 5) is 126. The van der Waals surface area contributed by atoms with Gasteiger partial charge in [0.15, 0.2) is 0 Å². The van der Waals surface area contributed by atoms with Gasteiger partial charge < -0.3 is 38.9 Å². The smallest absolute Gasteiger partial charge is 0.357 e. The quantitative estimate of drug-likeness (QED) is 0.0494. The van der Waals surface area contributed by atoms with Crippen molar-refractivity contribution in [3.05, 3.63) is 311 Å². The summed E-state index contributed by atoms with van der Waals surface area (Å²) in [5.41, 5.74) is 4.42. The molecule has 6 heterocycles. The lowest BCUT2D eigenvalue weighted by atomic mass is 10.1. The molecule has 0 saturated carbocycles. The standard InChI is InChI=1S/C28H24F2N4O4.C28H25FN4O4.C25H28FN5O4/c1-18-2-11-24-23(16-18)25(26(34(37)38)28(36)33(24)17-19-3-7-21(29)8-4-19)31-12-14-32(15-13-31)27(35)20-5-9-22(30)10-6-20;1-19-7-12-24-23(17-19)25(26(33(36)37)28(35)32(24)18-20-5-3-2-4-6-20)30-13-15-31(16-14-30)27(34)21-8-10-22(29)11-9-21;1-17-4-9-21-20(16-17)22(23(31(34)35)25(33)30(21)15-10-27(2)3)28-11-13-29(14-12-28)24(32)18-5-7-19(26)8-6-18/h2-11,16H,12-15,17H2,1H3;2-12,17H,13-16,18H2,1H3;4-9,16H,10-15H2,1-3H3. The monoisotopic (exact) mass is 1500 g/mol. The molecule has 29 heteroatoms. The lowest BCUT2D eigenvalue weighted by molar-refractivity contribution is -0.385. The Morgan fingerprint density at radius 3 is 0.936 bits per heavy atom. The van der Waals surface area contributed by atoms with E-state index < -0.39 is 71.8 Å². The summed E-state index contributed by atoms with van der Waals surface area (Å²) in [6.45, 7) is 10.5. The van der Waals surface area contributed by atoms with E-state index in [2.05, 4.69) is 0 Å². The van der Waals surface area contributed by atoms with Crippen LogP contribution in [0.1, 0.15) is 58.9 Å². The van der Waals surface area contributed by atoms with E-state index in [0.717, 1.165) is 22.3 Å². The normalized spacial score (nSPS) is 13.8. The Morgan fingerprint density at radius 1 is 0.373 bits per heavy atom. The maximum Gasteiger partial charge on any atom is 0.357 e. The maximum absolute atomic E-state index is 13.6. The number of amides is 3. The molecule has 566 valence electrons. The van der Waals surface area contributed by atoms with Gasteiger partial charge in [0, 0.05) is 124 Å². The molecule has 0 unspecified atom stereocenters. The van der Waals surface area contributed by atoms with Gasteiger partial charge >= 0.3 is 33.7 Å². The van der Waals surface area contributed by atoms with E-state index >= 15 is 0 Å². The molecule has 0 bridgehead atoms. The zero-order valence-corrected chi connectivity index (χ0v) is 60.9. The Balaban J connectivity index is 0.000000154. The molecule has 110 heavy (non-hydrogen) atoms. The summed E-state index contributed by atoms with van der Waals surface area (Å²) in [6.07, 6.45) is 0. The Bertz CT molecular complexity index is 5550. The summed E-state index contributed by atoms with van der Waals surface area (Å²) in [7, 11) is 3.76. The fourth-order valence-corrected chi connectivity index (χ4v) is 14.2. The molecule has 3 aromatic heterocycles. The molecule has 3 saturated heterocycles. The van der Waals surface area contributed by atoms with E-state index in [1.807, 2.05) is 128 Å². The van der Waals surface area contributed by atoms with Crippen molar-refractivity contribution in [2.75, 3.05) is 114 Å². The minimum atomic E-state index is -0.754. The number of hydrogen-bond acceptors (Lipinski definition) is 16. The first-order chi connectivity index (χ1) is 52.7. The second kappa shape index (κ2) is 33.1. The Kier molecular flexibility index (Phi) is 23.1. The minimum absolute atomic E-state index is 0.0414. The number of rotatable bonds is 16. The van der Waals surface area contributed by atoms with Crippen LogP contribution < -0.4 is 31.4 Å². The largest absolute Gasteiger partial charge is 0.362 e. The number of aromatic nitrogens is 3. The molecular weight excluding hydrogens is 1420 g/mol. The van der Waals surface area contributed by atoms with Gasteiger partial charge in [0.05, 0.1) is 44.4 Å². The minimum Gasteiger partial charge on any atom is -0.362 e. The highest BCUT2D eigenvalue weighted by Gasteiger charge is 2.37. The van der Waals surface area contributed by atoms with Gasteiger partial charge in [0.25, 0.3) is 17.7 Å². The van der Waals surface area contributed by atoms with Crippen LogP contribution in [0.25, 0.3) is 32.7 Å². The third-order valence-corrected chi connectivity index (χ3v) is 19.8. The zero-order valence-electron chi connectivity index (χ0n) is 60.9. The summed E-state index contributed by atoms with van der Waals surface area (Å²) >= 11 is 0. The van der Waals surface area contributed by atoms with Crippen LogP contribution in [0.3, 0.4) is 0 Å². The SMILES string of the molecule is Cc1ccc2c(c1)c(N1CCN(C(=O)c3ccc(F)cc3)CC1)c([N+](=O)[O-])c(=O)n2CCN(C)C.Cc1ccc2c(c1)c(N1CCN(C(=O)c3ccc(F)cc3)CC1)c([N+](=O)[O-])c(=O)n2Cc1ccc(F)cc1.Cc1ccc2c(c1)c(N1CCN(C(=O)c3ccc(F)cc3)CC1)c([N+](=O)[O-])c(=O)n2Cc1ccccc1. The number of carbonyl (C=O) groups is 3. The summed E-state index contributed by atoms with van der Waals surface area (Å²) in [6, 6.07) is 47.6. The average molecular weight is 1500 g/mol. The number of pyridine rings is 3. The highest BCUT2D eigenvalue weighted by molar-refractivity contribution is 6.01. The predicted molar refractivity (Wildman–Crippen MR) is 412 cm³/mol. The molecule has 0 aliphatic carbocycles. The molecule has 11 aromatic rings. The summed E-state index contributed by atoms with van der Waals surface area (Å²) < 4.78 is 57.4. The summed E-state index contributed by atoms with van der Waals surface area (Å²) in [5.74, 6) is -2.39. The lowest BCUT2D eigenvalue weighted by Gasteiger charge is -2.36. The van der Waals surface area contributed by atoms with Gasteiger partial charge in [0.2, 0.25) is 0 Å². The van der Waals surface area contributed by atoms with Crippen LogP contribution in [0.5, 0.6) is 0 Å². The van der Waals surface area contributed by atoms with Gasteiger partial charge in [-0.05, 0) is 167 Å². The van der Waals surface area contributed by atoms with Crippen LogP contribution in [0.2, 0.25) is 0 Å². The molecule has 0 N–H and O–H groups in total. The van der Waals surface area contributed by atoms with Crippen molar-refractivity contribution < 1.29 is 46.7 Å². The van der Waals surface area contributed by atoms with Gasteiger partial charge in [-0.2, -0.15) is 0 Å². The topological polar surface area (TPSA) is 269 Å². The van der Waals surface area contributed by atoms with Crippen molar-refractivity contribution in [1.29, 1.82) is 0 Å². The zero-order chi connectivity index (χ0) is 78.4. The van der Waals surface area contributed by atoms with Crippen molar-refractivity contribution in [2.24, 2.45) is 0 Å². The van der Waals surface area contributed by atoms with Gasteiger partial charge in [-0.3, -0.25) is 68.2 Å². The van der Waals surface area contributed by atoms with E-state index in [-0.39, 0.29) is 68.4 Å². The first-order valence-electron chi connectivity index (χ1n) is 35.5. The van der Waals surface area contributed by atoms with E-state index in [4.69, 9.17) is 0 Å². The molecule has 14 rings (SSSR count). The number of benzene rings is 8. The first-order valence-corrected chi connectivity index (χ1v) is 35.5. The van der Waals surface area contributed by atoms with Crippen molar-refractivity contribution in [1.82, 2.24) is 33.3 Å². The number of fused-ring (bicyclic) bond motifs is 3. The Morgan fingerprint density at radius 2 is 0.645 bits per heavy atom. The van der Waals surface area contributed by atoms with Crippen LogP contribution in [0.4, 0.5) is 51.7 Å². The lowest BCUT2D eigenvalue weighted by Crippen LogP contribution is -2.49. The number of halogens is 4. The highest BCUT2D eigenvalue weighted by atomic mass is 19.1. The molecule has 25 nitrogen and oxygen atoms in total. The number of carbonyl (C=O) groups excluding carboxylic acids is 3. The summed E-state index contributed by atoms with van der Waals surface area (Å²) in [5, 5.41) is 38.5. The Labute approximate surface area is 627 Å². The van der Waals surface area contributed by atoms with E-state index in [0.29, 0.717) is 126 Å². The molecule has 8 aromatic carbocycles. The fraction of sp³-hybridized carbons (Fsp3) is 0.259. The number of anilines is 3. The van der Waals surface area contributed by atoms with Gasteiger partial charge in [-0.15, -0.1) is 0 Å². The second-order valence-corrected chi connectivity index (χ2v) is 27.4. The third-order valence-electron chi connectivity index (χ3n) is 19.8. The molecule has 0 radical (unpaired) electrons. The first kappa shape index (κ1) is 76.7. The number of nitro groups is 3. The molecule has 3 aliphatic heterocycles. The van der Waals surface area contributed by atoms with Crippen molar-refractivity contribution in [2.45, 2.75) is 40.4 Å². The van der Waals surface area contributed by atoms with Crippen LogP contribution in [-0.2, 0) is 19.6 Å². The van der Waals surface area contributed by atoms with E-state index in [1.165, 1.54) is 98.6 Å². The molecule has 3 aliphatic rings. The molecule has 0 atom stereocenters. The number of likely N-dealkylation sites (N-methyl/N-ethyl adjacent to an activating group) is 1. The Hall–Kier alpha value is -12.9. The average Bonchev–Trinajstić information content (AvgIpc) is 0.754. The molecular formula is C81H77F4N13O12. The fourth-order valence-electron chi connectivity index (χ4n) is 14.2. The number of hydrogen-bond donors (Lipinski definition) is 0. The molecule has 3 fully saturated rings. The van der Waals surface area contributed by atoms with Gasteiger partial charge in [-0.25, -0.2) is 17.6 Å². The van der Waals surface area contributed by atoms with Crippen LogP contribution in [-0.4, -0.2) is 165 Å². The van der Waals surface area contributed by atoms with Crippen LogP contribution in [0, 0.1) is 74.4 Å². The predicted octanol–water partition coefficient (Wildman–Crippen LogP) is 11.8. The number of piperazine rings is 3. The maximum atomic E-state index is 13.6. The molecule has 0 spiro atoms. The second-order valence-electron chi connectivity index (χ2n) is 27.4. The van der Waals surface area contributed by atoms with E-state index in [9.17, 15) is 76.7 Å². The van der Waals surface area contributed by atoms with Crippen molar-refractivity contribution in [3.8, 4) is 0 Å². The highest BCUT2D eigenvalue weighted by Crippen LogP contribution is 2.39. The molecule has 3 amide bonds.